The van der Waals surface area contributed by atoms with Gasteiger partial charge in [0.05, 0.1) is 6.42 Å². The number of carboxylic acid groups (broad SMARTS) is 1. The number of hydrogen-bond donors (Lipinski definition) is 1. The molecule has 0 spiro atoms. The molecule has 0 atom stereocenters. The fourth-order valence-electron chi connectivity index (χ4n) is 1.79. The third kappa shape index (κ3) is 5.26. The molecule has 4 nitrogen and oxygen atoms in total. The predicted molar refractivity (Wildman–Crippen MR) is 79.4 cm³/mol. The van der Waals surface area contributed by atoms with Crippen molar-refractivity contribution in [3.63, 3.8) is 0 Å². The Hall–Kier alpha value is -2.10. The fraction of sp³-hybridized carbons (Fsp3) is 0.375. The molecule has 1 aromatic carbocycles. The number of likely N-dealkylation sites (N-methyl/N-ethyl adjacent to an activating group) is 1. The highest BCUT2D eigenvalue weighted by Gasteiger charge is 2.09. The van der Waals surface area contributed by atoms with Crippen molar-refractivity contribution in [2.45, 2.75) is 26.7 Å². The zero-order chi connectivity index (χ0) is 15.0. The summed E-state index contributed by atoms with van der Waals surface area (Å²) < 4.78 is 0. The summed E-state index contributed by atoms with van der Waals surface area (Å²) in [6.07, 6.45) is 4.21. The summed E-state index contributed by atoms with van der Waals surface area (Å²) >= 11 is 0. The lowest BCUT2D eigenvalue weighted by Gasteiger charge is -2.17. The molecule has 20 heavy (non-hydrogen) atoms. The Morgan fingerprint density at radius 2 is 1.85 bits per heavy atom. The van der Waals surface area contributed by atoms with Crippen LogP contribution in [0.3, 0.4) is 0 Å². The molecule has 0 saturated carbocycles. The van der Waals surface area contributed by atoms with Gasteiger partial charge in [-0.05, 0) is 30.5 Å². The lowest BCUT2D eigenvalue weighted by molar-refractivity contribution is -0.137. The van der Waals surface area contributed by atoms with Gasteiger partial charge in [-0.25, -0.2) is 0 Å². The second kappa shape index (κ2) is 8.15. The van der Waals surface area contributed by atoms with Crippen LogP contribution in [0.2, 0.25) is 0 Å². The van der Waals surface area contributed by atoms with E-state index in [0.717, 1.165) is 12.0 Å². The van der Waals surface area contributed by atoms with E-state index in [1.807, 2.05) is 31.2 Å². The Balaban J connectivity index is 2.61. The smallest absolute Gasteiger partial charge is 0.305 e. The van der Waals surface area contributed by atoms with Crippen molar-refractivity contribution in [3.8, 4) is 0 Å². The highest BCUT2D eigenvalue weighted by Crippen LogP contribution is 2.07. The number of amides is 1. The van der Waals surface area contributed by atoms with Crippen LogP contribution in [0.5, 0.6) is 0 Å². The molecule has 0 aliphatic carbocycles. The molecule has 1 amide bonds. The van der Waals surface area contributed by atoms with Gasteiger partial charge < -0.3 is 10.0 Å². The lowest BCUT2D eigenvalue weighted by atomic mass is 10.1. The quantitative estimate of drug-likeness (QED) is 0.778. The summed E-state index contributed by atoms with van der Waals surface area (Å²) in [4.78, 5) is 24.0. The Kier molecular flexibility index (Phi) is 6.50. The minimum absolute atomic E-state index is 0.0291. The average molecular weight is 275 g/mol. The molecule has 0 aliphatic heterocycles. The first-order valence-corrected chi connectivity index (χ1v) is 6.84. The Labute approximate surface area is 119 Å². The van der Waals surface area contributed by atoms with Crippen LogP contribution in [0.25, 0.3) is 6.08 Å². The van der Waals surface area contributed by atoms with Gasteiger partial charge in [-0.3, -0.25) is 9.59 Å². The summed E-state index contributed by atoms with van der Waals surface area (Å²) in [5.74, 6) is -1.05. The number of aliphatic carboxylic acids is 1. The van der Waals surface area contributed by atoms with E-state index in [0.29, 0.717) is 6.54 Å². The summed E-state index contributed by atoms with van der Waals surface area (Å²) in [5, 5.41) is 8.64. The summed E-state index contributed by atoms with van der Waals surface area (Å²) in [6, 6.07) is 8.00. The molecule has 0 radical (unpaired) electrons. The van der Waals surface area contributed by atoms with Crippen LogP contribution in [0, 0.1) is 0 Å². The topological polar surface area (TPSA) is 57.6 Å². The SMILES string of the molecule is CCc1ccc(/C=C/C(=O)N(CC)CCC(=O)O)cc1. The minimum atomic E-state index is -0.893. The number of carbonyl (C=O) groups excluding carboxylic acids is 1. The maximum atomic E-state index is 11.9. The van der Waals surface area contributed by atoms with Crippen molar-refractivity contribution in [2.24, 2.45) is 0 Å². The first kappa shape index (κ1) is 16.0. The van der Waals surface area contributed by atoms with E-state index >= 15 is 0 Å². The van der Waals surface area contributed by atoms with Crippen molar-refractivity contribution >= 4 is 18.0 Å². The molecular weight excluding hydrogens is 254 g/mol. The molecule has 0 fully saturated rings. The van der Waals surface area contributed by atoms with E-state index in [1.54, 1.807) is 6.08 Å². The van der Waals surface area contributed by atoms with Gasteiger partial charge in [-0.2, -0.15) is 0 Å². The monoisotopic (exact) mass is 275 g/mol. The maximum Gasteiger partial charge on any atom is 0.305 e. The van der Waals surface area contributed by atoms with Gasteiger partial charge in [-0.1, -0.05) is 31.2 Å². The molecule has 0 saturated heterocycles. The van der Waals surface area contributed by atoms with Crippen LogP contribution in [0.1, 0.15) is 31.4 Å². The fourth-order valence-corrected chi connectivity index (χ4v) is 1.79. The van der Waals surface area contributed by atoms with E-state index in [9.17, 15) is 9.59 Å². The normalized spacial score (nSPS) is 10.7. The zero-order valence-corrected chi connectivity index (χ0v) is 12.0. The molecule has 4 heteroatoms. The minimum Gasteiger partial charge on any atom is -0.481 e. The number of hydrogen-bond acceptors (Lipinski definition) is 2. The Morgan fingerprint density at radius 3 is 2.35 bits per heavy atom. The standard InChI is InChI=1S/C16H21NO3/c1-3-13-5-7-14(8-6-13)9-10-15(18)17(4-2)12-11-16(19)20/h5-10H,3-4,11-12H2,1-2H3,(H,19,20)/b10-9+. The number of carboxylic acids is 1. The van der Waals surface area contributed by atoms with Crippen LogP contribution >= 0.6 is 0 Å². The van der Waals surface area contributed by atoms with Gasteiger partial charge >= 0.3 is 5.97 Å². The zero-order valence-electron chi connectivity index (χ0n) is 12.0. The molecule has 0 unspecified atom stereocenters. The second-order valence-electron chi connectivity index (χ2n) is 4.49. The molecule has 1 aromatic rings. The van der Waals surface area contributed by atoms with E-state index in [2.05, 4.69) is 6.92 Å². The van der Waals surface area contributed by atoms with Crippen LogP contribution in [-0.4, -0.2) is 35.0 Å². The molecule has 0 heterocycles. The van der Waals surface area contributed by atoms with E-state index in [1.165, 1.54) is 16.5 Å². The van der Waals surface area contributed by atoms with Crippen molar-refractivity contribution in [3.05, 3.63) is 41.5 Å². The van der Waals surface area contributed by atoms with Gasteiger partial charge in [0.25, 0.3) is 0 Å². The first-order valence-electron chi connectivity index (χ1n) is 6.84. The van der Waals surface area contributed by atoms with Crippen molar-refractivity contribution in [1.82, 2.24) is 4.90 Å². The van der Waals surface area contributed by atoms with E-state index in [-0.39, 0.29) is 18.9 Å². The highest BCUT2D eigenvalue weighted by molar-refractivity contribution is 5.92. The van der Waals surface area contributed by atoms with Crippen molar-refractivity contribution < 1.29 is 14.7 Å². The Morgan fingerprint density at radius 1 is 1.20 bits per heavy atom. The number of benzene rings is 1. The molecule has 0 aliphatic rings. The maximum absolute atomic E-state index is 11.9. The van der Waals surface area contributed by atoms with Crippen LogP contribution in [0.15, 0.2) is 30.3 Å². The van der Waals surface area contributed by atoms with Crippen LogP contribution in [0.4, 0.5) is 0 Å². The molecule has 0 aromatic heterocycles. The van der Waals surface area contributed by atoms with Gasteiger partial charge in [0.15, 0.2) is 0 Å². The first-order chi connectivity index (χ1) is 9.56. The molecule has 0 bridgehead atoms. The second-order valence-corrected chi connectivity index (χ2v) is 4.49. The number of carbonyl (C=O) groups is 2. The molecule has 1 N–H and O–H groups in total. The number of aryl methyl sites for hydroxylation is 1. The number of rotatable bonds is 7. The molecular formula is C16H21NO3. The summed E-state index contributed by atoms with van der Waals surface area (Å²) in [7, 11) is 0. The Bertz CT molecular complexity index is 477. The van der Waals surface area contributed by atoms with Crippen LogP contribution in [-0.2, 0) is 16.0 Å². The predicted octanol–water partition coefficient (Wildman–Crippen LogP) is 2.59. The van der Waals surface area contributed by atoms with Gasteiger partial charge in [0, 0.05) is 19.2 Å². The number of nitrogens with zero attached hydrogens (tertiary/aromatic N) is 1. The van der Waals surface area contributed by atoms with Crippen LogP contribution < -0.4 is 0 Å². The molecule has 1 rings (SSSR count). The van der Waals surface area contributed by atoms with Gasteiger partial charge in [0.2, 0.25) is 5.91 Å². The highest BCUT2D eigenvalue weighted by atomic mass is 16.4. The summed E-state index contributed by atoms with van der Waals surface area (Å²) in [5.41, 5.74) is 2.22. The van der Waals surface area contributed by atoms with E-state index < -0.39 is 5.97 Å². The van der Waals surface area contributed by atoms with Gasteiger partial charge in [-0.15, -0.1) is 0 Å². The largest absolute Gasteiger partial charge is 0.481 e. The molecule has 108 valence electrons. The van der Waals surface area contributed by atoms with Gasteiger partial charge in [0.1, 0.15) is 0 Å². The average Bonchev–Trinajstić information content (AvgIpc) is 2.46. The van der Waals surface area contributed by atoms with Crippen molar-refractivity contribution in [2.75, 3.05) is 13.1 Å². The third-order valence-electron chi connectivity index (χ3n) is 3.10. The van der Waals surface area contributed by atoms with Crippen molar-refractivity contribution in [1.29, 1.82) is 0 Å². The summed E-state index contributed by atoms with van der Waals surface area (Å²) in [6.45, 7) is 4.68. The lowest BCUT2D eigenvalue weighted by Crippen LogP contribution is -2.31. The third-order valence-corrected chi connectivity index (χ3v) is 3.10. The van der Waals surface area contributed by atoms with E-state index in [4.69, 9.17) is 5.11 Å².